The van der Waals surface area contributed by atoms with Crippen LogP contribution in [0.3, 0.4) is 0 Å². The summed E-state index contributed by atoms with van der Waals surface area (Å²) in [7, 11) is 1.64. The van der Waals surface area contributed by atoms with Crippen molar-refractivity contribution < 1.29 is 9.53 Å². The number of thioether (sulfide) groups is 1. The van der Waals surface area contributed by atoms with Crippen molar-refractivity contribution in [3.63, 3.8) is 0 Å². The summed E-state index contributed by atoms with van der Waals surface area (Å²) in [4.78, 5) is 12.8. The van der Waals surface area contributed by atoms with E-state index >= 15 is 0 Å². The number of carbonyl (C=O) groups is 1. The normalized spacial score (nSPS) is 20.1. The van der Waals surface area contributed by atoms with Gasteiger partial charge in [0.25, 0.3) is 0 Å². The van der Waals surface area contributed by atoms with Crippen LogP contribution >= 0.6 is 11.8 Å². The largest absolute Gasteiger partial charge is 0.497 e. The van der Waals surface area contributed by atoms with Gasteiger partial charge in [-0.3, -0.25) is 9.36 Å². The summed E-state index contributed by atoms with van der Waals surface area (Å²) in [5.41, 5.74) is 0.945. The molecule has 0 aliphatic heterocycles. The first-order valence-electron chi connectivity index (χ1n) is 10.2. The number of methoxy groups -OCH3 is 1. The molecule has 1 amide bonds. The zero-order valence-electron chi connectivity index (χ0n) is 17.4. The first kappa shape index (κ1) is 21.4. The van der Waals surface area contributed by atoms with E-state index in [1.807, 2.05) is 41.8 Å². The van der Waals surface area contributed by atoms with Crippen LogP contribution in [0.1, 0.15) is 39.5 Å². The van der Waals surface area contributed by atoms with Gasteiger partial charge in [-0.2, -0.15) is 0 Å². The molecule has 1 heterocycles. The van der Waals surface area contributed by atoms with Crippen molar-refractivity contribution in [1.82, 2.24) is 20.1 Å². The molecule has 1 saturated carbocycles. The lowest BCUT2D eigenvalue weighted by molar-refractivity contribution is -0.121. The average molecular weight is 415 g/mol. The van der Waals surface area contributed by atoms with Gasteiger partial charge in [-0.05, 0) is 49.9 Å². The SMILES string of the molecule is C=CCn1c(S[C@H](C)C(=O)N[C@H]2CCCC[C@@H]2C)nnc1-c1ccc(OC)cc1. The van der Waals surface area contributed by atoms with Gasteiger partial charge in [0.05, 0.1) is 12.4 Å². The molecule has 1 aliphatic rings. The third-order valence-electron chi connectivity index (χ3n) is 5.47. The number of aromatic nitrogens is 3. The molecule has 2 aromatic rings. The molecule has 0 bridgehead atoms. The molecule has 3 atom stereocenters. The predicted molar refractivity (Wildman–Crippen MR) is 117 cm³/mol. The summed E-state index contributed by atoms with van der Waals surface area (Å²) in [5.74, 6) is 2.15. The molecular formula is C22H30N4O2S. The lowest BCUT2D eigenvalue weighted by atomic mass is 9.86. The Labute approximate surface area is 177 Å². The molecule has 0 unspecified atom stereocenters. The first-order chi connectivity index (χ1) is 14.0. The number of amides is 1. The van der Waals surface area contributed by atoms with E-state index in [1.54, 1.807) is 7.11 Å². The van der Waals surface area contributed by atoms with E-state index in [0.29, 0.717) is 12.5 Å². The van der Waals surface area contributed by atoms with Crippen LogP contribution in [-0.4, -0.2) is 39.1 Å². The quantitative estimate of drug-likeness (QED) is 0.515. The van der Waals surface area contributed by atoms with Gasteiger partial charge in [-0.25, -0.2) is 0 Å². The van der Waals surface area contributed by atoms with Crippen LogP contribution in [0.25, 0.3) is 11.4 Å². The summed E-state index contributed by atoms with van der Waals surface area (Å²) in [5, 5.41) is 12.4. The molecule has 29 heavy (non-hydrogen) atoms. The lowest BCUT2D eigenvalue weighted by Crippen LogP contribution is -2.44. The Morgan fingerprint density at radius 3 is 2.72 bits per heavy atom. The number of carbonyl (C=O) groups excluding carboxylic acids is 1. The standard InChI is InChI=1S/C22H30N4O2S/c1-5-14-26-20(17-10-12-18(28-4)13-11-17)24-25-22(26)29-16(3)21(27)23-19-9-7-6-8-15(19)2/h5,10-13,15-16,19H,1,6-9,14H2,2-4H3,(H,23,27)/t15-,16+,19-/m0/s1. The van der Waals surface area contributed by atoms with E-state index in [9.17, 15) is 4.79 Å². The smallest absolute Gasteiger partial charge is 0.233 e. The second kappa shape index (κ2) is 9.96. The van der Waals surface area contributed by atoms with Crippen LogP contribution in [0.2, 0.25) is 0 Å². The minimum atomic E-state index is -0.249. The lowest BCUT2D eigenvalue weighted by Gasteiger charge is -2.30. The minimum Gasteiger partial charge on any atom is -0.497 e. The molecule has 0 spiro atoms. The van der Waals surface area contributed by atoms with Crippen molar-refractivity contribution in [2.24, 2.45) is 5.92 Å². The Morgan fingerprint density at radius 1 is 1.34 bits per heavy atom. The van der Waals surface area contributed by atoms with E-state index in [1.165, 1.54) is 31.0 Å². The van der Waals surface area contributed by atoms with Crippen LogP contribution < -0.4 is 10.1 Å². The zero-order chi connectivity index (χ0) is 20.8. The summed E-state index contributed by atoms with van der Waals surface area (Å²) in [6.45, 7) is 8.58. The van der Waals surface area contributed by atoms with Crippen LogP contribution in [0.5, 0.6) is 5.75 Å². The van der Waals surface area contributed by atoms with Gasteiger partial charge < -0.3 is 10.1 Å². The molecule has 156 valence electrons. The van der Waals surface area contributed by atoms with Gasteiger partial charge in [-0.1, -0.05) is 37.6 Å². The number of allylic oxidation sites excluding steroid dienone is 1. The number of nitrogens with zero attached hydrogens (tertiary/aromatic N) is 3. The third kappa shape index (κ3) is 5.21. The highest BCUT2D eigenvalue weighted by Gasteiger charge is 2.26. The van der Waals surface area contributed by atoms with Crippen LogP contribution in [0.4, 0.5) is 0 Å². The molecule has 6 nitrogen and oxygen atoms in total. The summed E-state index contributed by atoms with van der Waals surface area (Å²) >= 11 is 1.44. The van der Waals surface area contributed by atoms with Crippen molar-refractivity contribution >= 4 is 17.7 Å². The number of rotatable bonds is 8. The fraction of sp³-hybridized carbons (Fsp3) is 0.500. The fourth-order valence-corrected chi connectivity index (χ4v) is 4.53. The molecule has 3 rings (SSSR count). The highest BCUT2D eigenvalue weighted by Crippen LogP contribution is 2.29. The van der Waals surface area contributed by atoms with Crippen LogP contribution in [-0.2, 0) is 11.3 Å². The van der Waals surface area contributed by atoms with Crippen molar-refractivity contribution in [2.45, 2.75) is 62.5 Å². The van der Waals surface area contributed by atoms with Crippen molar-refractivity contribution in [3.05, 3.63) is 36.9 Å². The average Bonchev–Trinajstić information content (AvgIpc) is 3.12. The molecule has 0 radical (unpaired) electrons. The number of nitrogens with one attached hydrogen (secondary N) is 1. The van der Waals surface area contributed by atoms with Crippen molar-refractivity contribution in [2.75, 3.05) is 7.11 Å². The molecule has 1 fully saturated rings. The van der Waals surface area contributed by atoms with Gasteiger partial charge >= 0.3 is 0 Å². The highest BCUT2D eigenvalue weighted by atomic mass is 32.2. The Morgan fingerprint density at radius 2 is 2.07 bits per heavy atom. The maximum Gasteiger partial charge on any atom is 0.233 e. The Hall–Kier alpha value is -2.28. The summed E-state index contributed by atoms with van der Waals surface area (Å²) < 4.78 is 7.22. The number of hydrogen-bond donors (Lipinski definition) is 1. The molecule has 1 aromatic carbocycles. The van der Waals surface area contributed by atoms with Gasteiger partial charge in [-0.15, -0.1) is 16.8 Å². The van der Waals surface area contributed by atoms with Crippen molar-refractivity contribution in [3.8, 4) is 17.1 Å². The maximum atomic E-state index is 12.8. The van der Waals surface area contributed by atoms with E-state index in [2.05, 4.69) is 29.0 Å². The van der Waals surface area contributed by atoms with Crippen LogP contribution in [0.15, 0.2) is 42.1 Å². The minimum absolute atomic E-state index is 0.0629. The predicted octanol–water partition coefficient (Wildman–Crippen LogP) is 4.32. The topological polar surface area (TPSA) is 69.0 Å². The van der Waals surface area contributed by atoms with Gasteiger partial charge in [0, 0.05) is 18.2 Å². The summed E-state index contributed by atoms with van der Waals surface area (Å²) in [6, 6.07) is 7.99. The van der Waals surface area contributed by atoms with Gasteiger partial charge in [0.1, 0.15) is 5.75 Å². The number of hydrogen-bond acceptors (Lipinski definition) is 5. The second-order valence-electron chi connectivity index (χ2n) is 7.57. The van der Waals surface area contributed by atoms with E-state index in [0.717, 1.165) is 28.7 Å². The Kier molecular flexibility index (Phi) is 7.36. The van der Waals surface area contributed by atoms with Crippen LogP contribution in [0, 0.1) is 5.92 Å². The number of ether oxygens (including phenoxy) is 1. The fourth-order valence-electron chi connectivity index (χ4n) is 3.67. The van der Waals surface area contributed by atoms with E-state index in [4.69, 9.17) is 4.74 Å². The Balaban J connectivity index is 1.73. The first-order valence-corrected chi connectivity index (χ1v) is 11.1. The van der Waals surface area contributed by atoms with Crippen molar-refractivity contribution in [1.29, 1.82) is 0 Å². The maximum absolute atomic E-state index is 12.8. The molecular weight excluding hydrogens is 384 g/mol. The van der Waals surface area contributed by atoms with E-state index < -0.39 is 0 Å². The molecule has 1 aliphatic carbocycles. The molecule has 1 aromatic heterocycles. The van der Waals surface area contributed by atoms with Gasteiger partial charge in [0.15, 0.2) is 11.0 Å². The highest BCUT2D eigenvalue weighted by molar-refractivity contribution is 8.00. The second-order valence-corrected chi connectivity index (χ2v) is 8.88. The van der Waals surface area contributed by atoms with E-state index in [-0.39, 0.29) is 17.2 Å². The molecule has 7 heteroatoms. The monoisotopic (exact) mass is 414 g/mol. The molecule has 1 N–H and O–H groups in total. The third-order valence-corrected chi connectivity index (χ3v) is 6.55. The summed E-state index contributed by atoms with van der Waals surface area (Å²) in [6.07, 6.45) is 6.52. The molecule has 0 saturated heterocycles. The number of benzene rings is 1. The van der Waals surface area contributed by atoms with Gasteiger partial charge in [0.2, 0.25) is 5.91 Å². The Bertz CT molecular complexity index is 834. The zero-order valence-corrected chi connectivity index (χ0v) is 18.2.